The first kappa shape index (κ1) is 16.2. The lowest BCUT2D eigenvalue weighted by atomic mass is 10.0. The minimum absolute atomic E-state index is 0.332. The number of unbranched alkanes of at least 4 members (excludes halogenated alkanes) is 7. The summed E-state index contributed by atoms with van der Waals surface area (Å²) in [5.41, 5.74) is 1.37. The summed E-state index contributed by atoms with van der Waals surface area (Å²) in [6, 6.07) is 0. The molecule has 0 fully saturated rings. The Balaban J connectivity index is 3.03. The summed E-state index contributed by atoms with van der Waals surface area (Å²) in [5, 5.41) is 8.47. The van der Waals surface area contributed by atoms with Crippen molar-refractivity contribution in [2.45, 2.75) is 77.6 Å². The maximum Gasteiger partial charge on any atom is 0.303 e. The van der Waals surface area contributed by atoms with E-state index in [0.717, 1.165) is 19.3 Å². The van der Waals surface area contributed by atoms with Gasteiger partial charge in [-0.15, -0.1) is 0 Å². The first-order chi connectivity index (χ1) is 8.16. The van der Waals surface area contributed by atoms with Gasteiger partial charge in [0.05, 0.1) is 0 Å². The van der Waals surface area contributed by atoms with Crippen LogP contribution in [-0.4, -0.2) is 11.1 Å². The van der Waals surface area contributed by atoms with E-state index in [1.165, 1.54) is 50.5 Å². The molecule has 0 aromatic carbocycles. The Labute approximate surface area is 106 Å². The number of allylic oxidation sites excluding steroid dienone is 1. The second-order valence-electron chi connectivity index (χ2n) is 4.83. The van der Waals surface area contributed by atoms with Crippen molar-refractivity contribution in [3.05, 3.63) is 12.2 Å². The quantitative estimate of drug-likeness (QED) is 0.387. The summed E-state index contributed by atoms with van der Waals surface area (Å²) in [6.45, 7) is 6.17. The molecule has 0 aromatic rings. The van der Waals surface area contributed by atoms with Crippen LogP contribution in [0.1, 0.15) is 77.6 Å². The van der Waals surface area contributed by atoms with Crippen LogP contribution in [0.4, 0.5) is 0 Å². The third kappa shape index (κ3) is 13.1. The van der Waals surface area contributed by atoms with Gasteiger partial charge in [-0.2, -0.15) is 0 Å². The molecule has 0 rings (SSSR count). The van der Waals surface area contributed by atoms with Crippen molar-refractivity contribution in [3.8, 4) is 0 Å². The van der Waals surface area contributed by atoms with Crippen molar-refractivity contribution in [2.24, 2.45) is 0 Å². The van der Waals surface area contributed by atoms with E-state index in [4.69, 9.17) is 5.11 Å². The molecule has 0 amide bonds. The predicted octanol–water partition coefficient (Wildman–Crippen LogP) is 4.94. The highest BCUT2D eigenvalue weighted by Gasteiger charge is 1.97. The molecule has 0 atom stereocenters. The number of hydrogen-bond donors (Lipinski definition) is 1. The Bertz CT molecular complexity index is 209. The number of carbonyl (C=O) groups is 1. The zero-order chi connectivity index (χ0) is 12.9. The lowest BCUT2D eigenvalue weighted by molar-refractivity contribution is -0.137. The second-order valence-corrected chi connectivity index (χ2v) is 4.83. The van der Waals surface area contributed by atoms with Crippen LogP contribution in [0.25, 0.3) is 0 Å². The highest BCUT2D eigenvalue weighted by molar-refractivity contribution is 5.66. The number of rotatable bonds is 12. The molecule has 0 aliphatic carbocycles. The van der Waals surface area contributed by atoms with E-state index in [1.54, 1.807) is 0 Å². The van der Waals surface area contributed by atoms with E-state index in [0.29, 0.717) is 6.42 Å². The molecule has 0 unspecified atom stereocenters. The predicted molar refractivity (Wildman–Crippen MR) is 73.2 cm³/mol. The van der Waals surface area contributed by atoms with Gasteiger partial charge in [0.1, 0.15) is 0 Å². The molecule has 1 N–H and O–H groups in total. The minimum Gasteiger partial charge on any atom is -0.481 e. The van der Waals surface area contributed by atoms with Crippen LogP contribution in [0, 0.1) is 0 Å². The van der Waals surface area contributed by atoms with Crippen LogP contribution >= 0.6 is 0 Å². The number of carboxylic acid groups (broad SMARTS) is 1. The normalized spacial score (nSPS) is 10.4. The highest BCUT2D eigenvalue weighted by atomic mass is 16.4. The van der Waals surface area contributed by atoms with Crippen molar-refractivity contribution in [2.75, 3.05) is 0 Å². The van der Waals surface area contributed by atoms with Crippen LogP contribution in [0.3, 0.4) is 0 Å². The molecule has 0 aliphatic heterocycles. The van der Waals surface area contributed by atoms with Gasteiger partial charge in [-0.05, 0) is 25.7 Å². The molecule has 0 radical (unpaired) electrons. The molecule has 2 nitrogen and oxygen atoms in total. The molecule has 0 aromatic heterocycles. The molecule has 0 aliphatic rings. The monoisotopic (exact) mass is 240 g/mol. The second kappa shape index (κ2) is 11.7. The van der Waals surface area contributed by atoms with E-state index >= 15 is 0 Å². The highest BCUT2D eigenvalue weighted by Crippen LogP contribution is 2.13. The van der Waals surface area contributed by atoms with Crippen molar-refractivity contribution < 1.29 is 9.90 Å². The van der Waals surface area contributed by atoms with Crippen LogP contribution < -0.4 is 0 Å². The van der Waals surface area contributed by atoms with Crippen LogP contribution in [0.15, 0.2) is 12.2 Å². The van der Waals surface area contributed by atoms with Crippen molar-refractivity contribution >= 4 is 5.97 Å². The van der Waals surface area contributed by atoms with Crippen molar-refractivity contribution in [3.63, 3.8) is 0 Å². The van der Waals surface area contributed by atoms with Gasteiger partial charge in [0.15, 0.2) is 0 Å². The van der Waals surface area contributed by atoms with Gasteiger partial charge in [0.2, 0.25) is 0 Å². The summed E-state index contributed by atoms with van der Waals surface area (Å²) < 4.78 is 0. The van der Waals surface area contributed by atoms with Crippen LogP contribution in [0.5, 0.6) is 0 Å². The maximum atomic E-state index is 10.3. The summed E-state index contributed by atoms with van der Waals surface area (Å²) in [6.07, 6.45) is 12.2. The third-order valence-electron chi connectivity index (χ3n) is 3.17. The van der Waals surface area contributed by atoms with E-state index in [-0.39, 0.29) is 0 Å². The molecule has 0 saturated carbocycles. The Morgan fingerprint density at radius 1 is 0.882 bits per heavy atom. The van der Waals surface area contributed by atoms with Crippen LogP contribution in [-0.2, 0) is 4.79 Å². The lowest BCUT2D eigenvalue weighted by Crippen LogP contribution is -1.93. The van der Waals surface area contributed by atoms with Gasteiger partial charge in [0.25, 0.3) is 0 Å². The molecular weight excluding hydrogens is 212 g/mol. The summed E-state index contributed by atoms with van der Waals surface area (Å²) >= 11 is 0. The van der Waals surface area contributed by atoms with Gasteiger partial charge in [-0.1, -0.05) is 57.6 Å². The Kier molecular flexibility index (Phi) is 11.1. The lowest BCUT2D eigenvalue weighted by Gasteiger charge is -2.03. The van der Waals surface area contributed by atoms with E-state index in [2.05, 4.69) is 13.5 Å². The smallest absolute Gasteiger partial charge is 0.303 e. The van der Waals surface area contributed by atoms with Gasteiger partial charge < -0.3 is 5.11 Å². The molecule has 2 heteroatoms. The fourth-order valence-electron chi connectivity index (χ4n) is 1.89. The third-order valence-corrected chi connectivity index (χ3v) is 3.17. The Hall–Kier alpha value is -0.790. The fourth-order valence-corrected chi connectivity index (χ4v) is 1.89. The summed E-state index contributed by atoms with van der Waals surface area (Å²) in [7, 11) is 0. The topological polar surface area (TPSA) is 37.3 Å². The molecular formula is C15H28O2. The fraction of sp³-hybridized carbons (Fsp3) is 0.800. The number of carboxylic acids is 1. The number of hydrogen-bond acceptors (Lipinski definition) is 1. The SMILES string of the molecule is C=C(CC)CCCCCCCCCCC(=O)O. The zero-order valence-corrected chi connectivity index (χ0v) is 11.3. The van der Waals surface area contributed by atoms with Crippen molar-refractivity contribution in [1.29, 1.82) is 0 Å². The largest absolute Gasteiger partial charge is 0.481 e. The molecule has 0 spiro atoms. The van der Waals surface area contributed by atoms with Gasteiger partial charge in [-0.3, -0.25) is 4.79 Å². The van der Waals surface area contributed by atoms with E-state index in [9.17, 15) is 4.79 Å². The molecule has 0 saturated heterocycles. The average molecular weight is 240 g/mol. The maximum absolute atomic E-state index is 10.3. The van der Waals surface area contributed by atoms with E-state index in [1.807, 2.05) is 0 Å². The summed E-state index contributed by atoms with van der Waals surface area (Å²) in [5.74, 6) is -0.666. The van der Waals surface area contributed by atoms with E-state index < -0.39 is 5.97 Å². The average Bonchev–Trinajstić information content (AvgIpc) is 2.30. The minimum atomic E-state index is -0.666. The standard InChI is InChI=1S/C15H28O2/c1-3-14(2)12-10-8-6-4-5-7-9-11-13-15(16)17/h2-13H2,1H3,(H,16,17). The van der Waals surface area contributed by atoms with Gasteiger partial charge in [-0.25, -0.2) is 0 Å². The van der Waals surface area contributed by atoms with Gasteiger partial charge in [0, 0.05) is 6.42 Å². The van der Waals surface area contributed by atoms with Crippen molar-refractivity contribution in [1.82, 2.24) is 0 Å². The zero-order valence-electron chi connectivity index (χ0n) is 11.3. The Morgan fingerprint density at radius 2 is 1.29 bits per heavy atom. The molecule has 0 heterocycles. The Morgan fingerprint density at radius 3 is 1.71 bits per heavy atom. The molecule has 0 bridgehead atoms. The number of aliphatic carboxylic acids is 1. The molecule has 17 heavy (non-hydrogen) atoms. The summed E-state index contributed by atoms with van der Waals surface area (Å²) in [4.78, 5) is 10.3. The first-order valence-corrected chi connectivity index (χ1v) is 7.05. The first-order valence-electron chi connectivity index (χ1n) is 7.05. The molecule has 100 valence electrons. The van der Waals surface area contributed by atoms with Gasteiger partial charge >= 0.3 is 5.97 Å². The van der Waals surface area contributed by atoms with Crippen LogP contribution in [0.2, 0.25) is 0 Å².